The molecule has 0 aromatic carbocycles. The Labute approximate surface area is 114 Å². The Morgan fingerprint density at radius 1 is 1.37 bits per heavy atom. The molecule has 1 aromatic rings. The van der Waals surface area contributed by atoms with Crippen molar-refractivity contribution in [2.24, 2.45) is 0 Å². The summed E-state index contributed by atoms with van der Waals surface area (Å²) < 4.78 is 5.43. The molecule has 106 valence electrons. The van der Waals surface area contributed by atoms with Crippen LogP contribution in [0.1, 0.15) is 37.0 Å². The van der Waals surface area contributed by atoms with Crippen LogP contribution in [0, 0.1) is 0 Å². The second kappa shape index (κ2) is 8.48. The number of anilines is 1. The van der Waals surface area contributed by atoms with Gasteiger partial charge in [-0.1, -0.05) is 0 Å². The van der Waals surface area contributed by atoms with Gasteiger partial charge >= 0.3 is 0 Å². The Morgan fingerprint density at radius 2 is 2.16 bits per heavy atom. The minimum atomic E-state index is -0.0834. The molecule has 0 aliphatic heterocycles. The van der Waals surface area contributed by atoms with Crippen LogP contribution < -0.4 is 10.6 Å². The molecule has 1 amide bonds. The monoisotopic (exact) mass is 265 g/mol. The fourth-order valence-corrected chi connectivity index (χ4v) is 1.53. The number of carbonyl (C=O) groups is 1. The van der Waals surface area contributed by atoms with E-state index in [4.69, 9.17) is 4.74 Å². The summed E-state index contributed by atoms with van der Waals surface area (Å²) in [6.45, 7) is 5.44. The maximum atomic E-state index is 11.8. The standard InChI is InChI=1S/C14H23N3O2/c1-11(2)19-9-5-4-8-16-14(18)12-6-7-13(15-3)17-10-12/h6-7,10-11H,4-5,8-9H2,1-3H3,(H,15,17)(H,16,18). The van der Waals surface area contributed by atoms with Gasteiger partial charge in [-0.05, 0) is 38.8 Å². The maximum absolute atomic E-state index is 11.8. The number of nitrogens with one attached hydrogen (secondary N) is 2. The molecular formula is C14H23N3O2. The van der Waals surface area contributed by atoms with Gasteiger partial charge in [0.15, 0.2) is 0 Å². The first-order valence-electron chi connectivity index (χ1n) is 6.67. The fourth-order valence-electron chi connectivity index (χ4n) is 1.53. The van der Waals surface area contributed by atoms with Gasteiger partial charge < -0.3 is 15.4 Å². The van der Waals surface area contributed by atoms with Gasteiger partial charge in [0.05, 0.1) is 11.7 Å². The summed E-state index contributed by atoms with van der Waals surface area (Å²) in [4.78, 5) is 15.9. The maximum Gasteiger partial charge on any atom is 0.252 e. The minimum Gasteiger partial charge on any atom is -0.379 e. The lowest BCUT2D eigenvalue weighted by atomic mass is 10.2. The van der Waals surface area contributed by atoms with E-state index in [-0.39, 0.29) is 12.0 Å². The Morgan fingerprint density at radius 3 is 2.74 bits per heavy atom. The summed E-state index contributed by atoms with van der Waals surface area (Å²) in [6, 6.07) is 3.54. The smallest absolute Gasteiger partial charge is 0.252 e. The highest BCUT2D eigenvalue weighted by molar-refractivity contribution is 5.93. The third kappa shape index (κ3) is 6.20. The van der Waals surface area contributed by atoms with E-state index in [0.29, 0.717) is 12.1 Å². The first-order valence-corrected chi connectivity index (χ1v) is 6.67. The molecule has 0 saturated carbocycles. The van der Waals surface area contributed by atoms with Crippen LogP contribution in [0.25, 0.3) is 0 Å². The number of carbonyl (C=O) groups excluding carboxylic acids is 1. The summed E-state index contributed by atoms with van der Waals surface area (Å²) in [5, 5.41) is 5.78. The second-order valence-electron chi connectivity index (χ2n) is 4.56. The Kier molecular flexibility index (Phi) is 6.89. The van der Waals surface area contributed by atoms with Gasteiger partial charge in [0.1, 0.15) is 5.82 Å². The van der Waals surface area contributed by atoms with E-state index in [1.165, 1.54) is 0 Å². The van der Waals surface area contributed by atoms with E-state index in [0.717, 1.165) is 25.3 Å². The van der Waals surface area contributed by atoms with Crippen LogP contribution in [-0.4, -0.2) is 37.2 Å². The lowest BCUT2D eigenvalue weighted by Gasteiger charge is -2.08. The Hall–Kier alpha value is -1.62. The van der Waals surface area contributed by atoms with E-state index in [9.17, 15) is 4.79 Å². The summed E-state index contributed by atoms with van der Waals surface area (Å²) in [5.41, 5.74) is 0.581. The highest BCUT2D eigenvalue weighted by atomic mass is 16.5. The minimum absolute atomic E-state index is 0.0834. The molecule has 1 rings (SSSR count). The van der Waals surface area contributed by atoms with Crippen molar-refractivity contribution in [2.75, 3.05) is 25.5 Å². The molecule has 0 fully saturated rings. The Bertz CT molecular complexity index is 377. The first-order chi connectivity index (χ1) is 9.13. The zero-order chi connectivity index (χ0) is 14.1. The van der Waals surface area contributed by atoms with Gasteiger partial charge in [-0.25, -0.2) is 4.98 Å². The lowest BCUT2D eigenvalue weighted by Crippen LogP contribution is -2.24. The molecule has 0 unspecified atom stereocenters. The van der Waals surface area contributed by atoms with Crippen LogP contribution >= 0.6 is 0 Å². The molecule has 0 bridgehead atoms. The predicted molar refractivity (Wildman–Crippen MR) is 76.4 cm³/mol. The van der Waals surface area contributed by atoms with Crippen LogP contribution in [0.4, 0.5) is 5.82 Å². The molecule has 19 heavy (non-hydrogen) atoms. The van der Waals surface area contributed by atoms with Gasteiger partial charge in [-0.3, -0.25) is 4.79 Å². The summed E-state index contributed by atoms with van der Waals surface area (Å²) >= 11 is 0. The van der Waals surface area contributed by atoms with Crippen molar-refractivity contribution in [1.82, 2.24) is 10.3 Å². The number of pyridine rings is 1. The van der Waals surface area contributed by atoms with Gasteiger partial charge in [0, 0.05) is 26.4 Å². The van der Waals surface area contributed by atoms with Crippen molar-refractivity contribution in [3.63, 3.8) is 0 Å². The predicted octanol–water partition coefficient (Wildman–Crippen LogP) is 2.06. The molecule has 0 aliphatic rings. The van der Waals surface area contributed by atoms with E-state index >= 15 is 0 Å². The average Bonchev–Trinajstić information content (AvgIpc) is 2.42. The second-order valence-corrected chi connectivity index (χ2v) is 4.56. The molecule has 0 saturated heterocycles. The highest BCUT2D eigenvalue weighted by Crippen LogP contribution is 2.03. The molecule has 1 heterocycles. The topological polar surface area (TPSA) is 63.2 Å². The van der Waals surface area contributed by atoms with Crippen LogP contribution in [-0.2, 0) is 4.74 Å². The lowest BCUT2D eigenvalue weighted by molar-refractivity contribution is 0.0754. The zero-order valence-corrected chi connectivity index (χ0v) is 11.9. The van der Waals surface area contributed by atoms with Crippen LogP contribution in [0.5, 0.6) is 0 Å². The van der Waals surface area contributed by atoms with Crippen molar-refractivity contribution in [1.29, 1.82) is 0 Å². The number of rotatable bonds is 8. The first kappa shape index (κ1) is 15.4. The van der Waals surface area contributed by atoms with Gasteiger partial charge in [0.25, 0.3) is 5.91 Å². The van der Waals surface area contributed by atoms with E-state index in [2.05, 4.69) is 15.6 Å². The fraction of sp³-hybridized carbons (Fsp3) is 0.571. The summed E-state index contributed by atoms with van der Waals surface area (Å²) in [5.74, 6) is 0.669. The Balaban J connectivity index is 2.20. The quantitative estimate of drug-likeness (QED) is 0.706. The summed E-state index contributed by atoms with van der Waals surface area (Å²) in [6.07, 6.45) is 3.71. The average molecular weight is 265 g/mol. The van der Waals surface area contributed by atoms with Crippen molar-refractivity contribution in [2.45, 2.75) is 32.8 Å². The number of ether oxygens (including phenoxy) is 1. The largest absolute Gasteiger partial charge is 0.379 e. The highest BCUT2D eigenvalue weighted by Gasteiger charge is 2.04. The molecule has 5 heteroatoms. The number of hydrogen-bond acceptors (Lipinski definition) is 4. The number of amides is 1. The van der Waals surface area contributed by atoms with Crippen molar-refractivity contribution in [3.8, 4) is 0 Å². The zero-order valence-electron chi connectivity index (χ0n) is 11.9. The van der Waals surface area contributed by atoms with Gasteiger partial charge in [-0.15, -0.1) is 0 Å². The molecule has 1 aromatic heterocycles. The van der Waals surface area contributed by atoms with E-state index in [1.807, 2.05) is 13.8 Å². The van der Waals surface area contributed by atoms with Crippen molar-refractivity contribution in [3.05, 3.63) is 23.9 Å². The summed E-state index contributed by atoms with van der Waals surface area (Å²) in [7, 11) is 1.79. The third-order valence-corrected chi connectivity index (χ3v) is 2.59. The molecule has 0 aliphatic carbocycles. The van der Waals surface area contributed by atoms with Crippen LogP contribution in [0.15, 0.2) is 18.3 Å². The molecule has 0 atom stereocenters. The number of unbranched alkanes of at least 4 members (excludes halogenated alkanes) is 1. The molecule has 2 N–H and O–H groups in total. The van der Waals surface area contributed by atoms with Crippen molar-refractivity contribution >= 4 is 11.7 Å². The van der Waals surface area contributed by atoms with Gasteiger partial charge in [0.2, 0.25) is 0 Å². The number of hydrogen-bond donors (Lipinski definition) is 2. The van der Waals surface area contributed by atoms with Gasteiger partial charge in [-0.2, -0.15) is 0 Å². The SMILES string of the molecule is CNc1ccc(C(=O)NCCCCOC(C)C)cn1. The van der Waals surface area contributed by atoms with Crippen LogP contribution in [0.3, 0.4) is 0 Å². The normalized spacial score (nSPS) is 10.5. The molecule has 0 radical (unpaired) electrons. The van der Waals surface area contributed by atoms with Crippen molar-refractivity contribution < 1.29 is 9.53 Å². The number of aromatic nitrogens is 1. The van der Waals surface area contributed by atoms with Crippen LogP contribution in [0.2, 0.25) is 0 Å². The third-order valence-electron chi connectivity index (χ3n) is 2.59. The molecule has 0 spiro atoms. The molecule has 5 nitrogen and oxygen atoms in total. The molecular weight excluding hydrogens is 242 g/mol. The number of nitrogens with zero attached hydrogens (tertiary/aromatic N) is 1. The van der Waals surface area contributed by atoms with E-state index < -0.39 is 0 Å². The van der Waals surface area contributed by atoms with E-state index in [1.54, 1.807) is 25.4 Å².